The van der Waals surface area contributed by atoms with Gasteiger partial charge in [-0.2, -0.15) is 0 Å². The van der Waals surface area contributed by atoms with Crippen LogP contribution < -0.4 is 19.6 Å². The van der Waals surface area contributed by atoms with Crippen molar-refractivity contribution in [2.75, 3.05) is 23.7 Å². The van der Waals surface area contributed by atoms with Crippen molar-refractivity contribution < 1.29 is 8.97 Å². The molecule has 0 aliphatic carbocycles. The van der Waals surface area contributed by atoms with E-state index in [0.29, 0.717) is 26.3 Å². The molecule has 0 atom stereocenters. The molecule has 6 heterocycles. The number of aryl methyl sites for hydroxylation is 4. The summed E-state index contributed by atoms with van der Waals surface area (Å²) >= 11 is 1.12. The Bertz CT molecular complexity index is 2410. The van der Waals surface area contributed by atoms with Crippen LogP contribution in [0.5, 0.6) is 0 Å². The average Bonchev–Trinajstić information content (AvgIpc) is 3.83. The molecular weight excluding hydrogens is 734 g/mol. The predicted octanol–water partition coefficient (Wildman–Crippen LogP) is 3.42. The van der Waals surface area contributed by atoms with Gasteiger partial charge in [0.1, 0.15) is 0 Å². The maximum atomic E-state index is 5.14. The fourth-order valence-electron chi connectivity index (χ4n) is 6.45. The molecule has 0 spiro atoms. The molecule has 14 heteroatoms. The van der Waals surface area contributed by atoms with E-state index in [1.54, 1.807) is 0 Å². The van der Waals surface area contributed by atoms with Gasteiger partial charge in [0.05, 0.1) is 0 Å². The zero-order chi connectivity index (χ0) is 32.8. The number of fused-ring (bicyclic) bond motifs is 6. The van der Waals surface area contributed by atoms with Crippen LogP contribution >= 0.6 is 0 Å². The molecule has 0 unspecified atom stereocenters. The van der Waals surface area contributed by atoms with E-state index >= 15 is 0 Å². The van der Waals surface area contributed by atoms with E-state index in [0.717, 1.165) is 85.9 Å². The molecule has 0 saturated carbocycles. The van der Waals surface area contributed by atoms with Crippen LogP contribution in [-0.2, 0) is 28.2 Å². The number of rotatable bonds is 11. The van der Waals surface area contributed by atoms with Gasteiger partial charge in [-0.25, -0.2) is 0 Å². The number of aromatic nitrogens is 10. The summed E-state index contributed by atoms with van der Waals surface area (Å²) in [7, 11) is 8.22. The van der Waals surface area contributed by atoms with Crippen molar-refractivity contribution in [1.29, 1.82) is 0 Å². The topological polar surface area (TPSA) is 103 Å². The van der Waals surface area contributed by atoms with Crippen LogP contribution in [0.4, 0.5) is 11.6 Å². The second-order valence-electron chi connectivity index (χ2n) is 11.7. The van der Waals surface area contributed by atoms with Crippen molar-refractivity contribution in [3.05, 3.63) is 86.0 Å². The number of hydrogen-bond donors (Lipinski definition) is 2. The monoisotopic (exact) mass is 772 g/mol. The minimum atomic E-state index is 0.559. The summed E-state index contributed by atoms with van der Waals surface area (Å²) in [6.45, 7) is 1.80. The van der Waals surface area contributed by atoms with Crippen molar-refractivity contribution in [3.63, 3.8) is 0 Å². The SMILES string of the molecule is Cn1c[n+](C)c2ncn3c(NCC[Se][Se]CCNc4c(-c5ccccc5)n(C)c5c6c(ncn6C)nc[n+]45)c(-c4ccccc4)nc3c21. The Morgan fingerprint density at radius 1 is 0.771 bits per heavy atom. The second-order valence-corrected chi connectivity index (χ2v) is 19.5. The van der Waals surface area contributed by atoms with Crippen LogP contribution in [0.25, 0.3) is 56.1 Å². The summed E-state index contributed by atoms with van der Waals surface area (Å²) in [4.78, 5) is 19.1. The molecule has 0 fully saturated rings. The van der Waals surface area contributed by atoms with Crippen LogP contribution in [0.3, 0.4) is 0 Å². The van der Waals surface area contributed by atoms with Crippen LogP contribution in [0, 0.1) is 0 Å². The minimum absolute atomic E-state index is 0.559. The summed E-state index contributed by atoms with van der Waals surface area (Å²) in [5, 5.41) is 9.83. The van der Waals surface area contributed by atoms with E-state index in [-0.39, 0.29) is 0 Å². The fraction of sp³-hybridized carbons (Fsp3) is 0.235. The van der Waals surface area contributed by atoms with Gasteiger partial charge in [0, 0.05) is 0 Å². The van der Waals surface area contributed by atoms with E-state index in [1.807, 2.05) is 61.7 Å². The van der Waals surface area contributed by atoms with E-state index in [1.165, 1.54) is 5.56 Å². The molecule has 0 aliphatic rings. The molecule has 0 aliphatic heterocycles. The molecule has 0 saturated heterocycles. The predicted molar refractivity (Wildman–Crippen MR) is 190 cm³/mol. The Hall–Kier alpha value is -4.74. The zero-order valence-corrected chi connectivity index (χ0v) is 30.6. The third kappa shape index (κ3) is 5.21. The zero-order valence-electron chi connectivity index (χ0n) is 27.2. The van der Waals surface area contributed by atoms with Gasteiger partial charge in [0.2, 0.25) is 0 Å². The van der Waals surface area contributed by atoms with Crippen molar-refractivity contribution in [3.8, 4) is 22.5 Å². The van der Waals surface area contributed by atoms with E-state index in [2.05, 4.69) is 100 Å². The third-order valence-corrected chi connectivity index (χ3v) is 15.9. The first kappa shape index (κ1) is 30.6. The van der Waals surface area contributed by atoms with Gasteiger partial charge >= 0.3 is 290 Å². The second kappa shape index (κ2) is 12.7. The first-order valence-electron chi connectivity index (χ1n) is 15.8. The van der Waals surface area contributed by atoms with Crippen molar-refractivity contribution in [2.24, 2.45) is 28.2 Å². The Morgan fingerprint density at radius 2 is 1.48 bits per heavy atom. The Morgan fingerprint density at radius 3 is 2.23 bits per heavy atom. The summed E-state index contributed by atoms with van der Waals surface area (Å²) in [6, 6.07) is 21.0. The third-order valence-electron chi connectivity index (χ3n) is 8.57. The van der Waals surface area contributed by atoms with E-state index in [9.17, 15) is 0 Å². The Labute approximate surface area is 288 Å². The summed E-state index contributed by atoms with van der Waals surface area (Å²) in [5.41, 5.74) is 10.0. The molecule has 8 aromatic rings. The molecular formula is C34H36N12Se2+2. The molecule has 6 aromatic heterocycles. The van der Waals surface area contributed by atoms with Gasteiger partial charge in [-0.3, -0.25) is 0 Å². The first-order chi connectivity index (χ1) is 23.5. The molecule has 2 aromatic carbocycles. The Balaban J connectivity index is 0.955. The van der Waals surface area contributed by atoms with Gasteiger partial charge < -0.3 is 0 Å². The Kier molecular flexibility index (Phi) is 8.09. The van der Waals surface area contributed by atoms with Crippen LogP contribution in [0.2, 0.25) is 10.6 Å². The number of anilines is 2. The van der Waals surface area contributed by atoms with E-state index in [4.69, 9.17) is 9.97 Å². The number of benzene rings is 2. The van der Waals surface area contributed by atoms with E-state index < -0.39 is 0 Å². The van der Waals surface area contributed by atoms with Gasteiger partial charge in [-0.15, -0.1) is 0 Å². The molecule has 48 heavy (non-hydrogen) atoms. The number of imidazole rings is 4. The van der Waals surface area contributed by atoms with Gasteiger partial charge in [-0.05, 0) is 0 Å². The van der Waals surface area contributed by atoms with Crippen LogP contribution in [0.1, 0.15) is 0 Å². The standard InChI is InChI=1S/C34H36N12Se2/c1-41-19-37-29-27(41)34-44(4)26(24-13-9-6-10-14-24)32(46(34)20-38-29)36-16-18-48-47-17-15-35-30-25(23-11-7-5-8-12-23)40-33-28-31(39-21-45(30)33)43(3)22-42(28)2/h5-14,19-22,35-36H,15-18H2,1-4H3/q+2. The number of nitrogens with one attached hydrogen (secondary N) is 2. The van der Waals surface area contributed by atoms with Gasteiger partial charge in [0.15, 0.2) is 0 Å². The van der Waals surface area contributed by atoms with Gasteiger partial charge in [0.25, 0.3) is 0 Å². The van der Waals surface area contributed by atoms with Crippen LogP contribution in [-0.4, -0.2) is 77.4 Å². The van der Waals surface area contributed by atoms with Crippen molar-refractivity contribution >= 4 is 71.5 Å². The van der Waals surface area contributed by atoms with Crippen LogP contribution in [0.15, 0.2) is 86.0 Å². The normalized spacial score (nSPS) is 11.8. The molecule has 12 nitrogen and oxygen atoms in total. The maximum absolute atomic E-state index is 5.14. The summed E-state index contributed by atoms with van der Waals surface area (Å²) in [6.07, 6.45) is 7.65. The van der Waals surface area contributed by atoms with Crippen molar-refractivity contribution in [2.45, 2.75) is 10.6 Å². The first-order valence-corrected chi connectivity index (χ1v) is 22.5. The summed E-state index contributed by atoms with van der Waals surface area (Å²) < 4.78 is 12.7. The fourth-order valence-corrected chi connectivity index (χ4v) is 12.1. The molecule has 0 amide bonds. The number of hydrogen-bond acceptors (Lipinski definition) is 6. The molecule has 242 valence electrons. The average molecular weight is 771 g/mol. The molecule has 8 rings (SSSR count). The number of nitrogens with zero attached hydrogens (tertiary/aromatic N) is 10. The van der Waals surface area contributed by atoms with Gasteiger partial charge in [-0.1, -0.05) is 0 Å². The van der Waals surface area contributed by atoms with Crippen molar-refractivity contribution in [1.82, 2.24) is 38.0 Å². The quantitative estimate of drug-likeness (QED) is 0.119. The molecule has 2 N–H and O–H groups in total. The molecule has 0 bridgehead atoms. The summed E-state index contributed by atoms with van der Waals surface area (Å²) in [5.74, 6) is 2.06. The molecule has 0 radical (unpaired) electrons.